The van der Waals surface area contributed by atoms with Crippen LogP contribution in [0.4, 0.5) is 18.9 Å². The van der Waals surface area contributed by atoms with Crippen LogP contribution in [0.2, 0.25) is 0 Å². The number of carboxylic acid groups (broad SMARTS) is 1. The predicted molar refractivity (Wildman–Crippen MR) is 106 cm³/mol. The number of aromatic nitrogens is 5. The molecular weight excluding hydrogens is 445 g/mol. The van der Waals surface area contributed by atoms with E-state index >= 15 is 0 Å². The van der Waals surface area contributed by atoms with E-state index in [-0.39, 0.29) is 5.69 Å². The molecule has 13 heteroatoms. The Hall–Kier alpha value is -3.87. The van der Waals surface area contributed by atoms with Crippen LogP contribution < -0.4 is 5.32 Å². The van der Waals surface area contributed by atoms with E-state index in [9.17, 15) is 27.9 Å². The molecular formula is C20H19F3N6O4. The van der Waals surface area contributed by atoms with E-state index in [0.29, 0.717) is 6.07 Å². The van der Waals surface area contributed by atoms with Gasteiger partial charge in [0.2, 0.25) is 5.91 Å². The standard InChI is InChI=1S/C20H19F3N6O4/c1-11(19-15(23)6-24-8-26-19)20(33,7-29-10-25-9-27-29)12-4-16(14(22)5-13(12)21)28-17(30)2-3-18(31)32/h4-6,8-11,33H,2-3,7H2,1H3,(H,28,30)(H,31,32)/t11-,20?/m0/s1. The molecule has 1 unspecified atom stereocenters. The zero-order valence-electron chi connectivity index (χ0n) is 17.2. The van der Waals surface area contributed by atoms with E-state index in [4.69, 9.17) is 5.11 Å². The lowest BCUT2D eigenvalue weighted by atomic mass is 9.79. The molecule has 1 amide bonds. The Kier molecular flexibility index (Phi) is 7.01. The Labute approximate surface area is 185 Å². The Bertz CT molecular complexity index is 1160. The number of rotatable bonds is 9. The summed E-state index contributed by atoms with van der Waals surface area (Å²) in [6.07, 6.45) is 3.40. The summed E-state index contributed by atoms with van der Waals surface area (Å²) in [5.74, 6) is -6.42. The molecule has 0 radical (unpaired) electrons. The monoisotopic (exact) mass is 464 g/mol. The maximum Gasteiger partial charge on any atom is 0.303 e. The molecule has 10 nitrogen and oxygen atoms in total. The van der Waals surface area contributed by atoms with Crippen molar-refractivity contribution in [3.05, 3.63) is 66.0 Å². The summed E-state index contributed by atoms with van der Waals surface area (Å²) in [4.78, 5) is 33.8. The molecule has 3 rings (SSSR count). The molecule has 0 aliphatic heterocycles. The molecule has 3 aromatic rings. The molecule has 0 spiro atoms. The molecule has 2 atom stereocenters. The van der Waals surface area contributed by atoms with Gasteiger partial charge < -0.3 is 15.5 Å². The van der Waals surface area contributed by atoms with Crippen molar-refractivity contribution in [2.45, 2.75) is 37.8 Å². The first kappa shape index (κ1) is 23.8. The number of carbonyl (C=O) groups excluding carboxylic acids is 1. The maximum atomic E-state index is 15.0. The van der Waals surface area contributed by atoms with E-state index in [1.165, 1.54) is 24.3 Å². The van der Waals surface area contributed by atoms with Gasteiger partial charge in [0.05, 0.1) is 30.5 Å². The molecule has 0 aliphatic rings. The minimum atomic E-state index is -2.23. The van der Waals surface area contributed by atoms with Gasteiger partial charge in [0, 0.05) is 24.0 Å². The number of aliphatic hydroxyl groups is 1. The number of halogens is 3. The van der Waals surface area contributed by atoms with Gasteiger partial charge in [-0.15, -0.1) is 0 Å². The highest BCUT2D eigenvalue weighted by Gasteiger charge is 2.42. The number of benzene rings is 1. The highest BCUT2D eigenvalue weighted by Crippen LogP contribution is 2.40. The summed E-state index contributed by atoms with van der Waals surface area (Å²) in [7, 11) is 0. The second-order valence-electron chi connectivity index (χ2n) is 7.25. The summed E-state index contributed by atoms with van der Waals surface area (Å²) in [6.45, 7) is 0.961. The van der Waals surface area contributed by atoms with Crippen molar-refractivity contribution in [2.24, 2.45) is 0 Å². The first-order valence-corrected chi connectivity index (χ1v) is 9.63. The lowest BCUT2D eigenvalue weighted by Crippen LogP contribution is -2.39. The van der Waals surface area contributed by atoms with Gasteiger partial charge in [-0.25, -0.2) is 32.8 Å². The molecule has 0 bridgehead atoms. The number of carboxylic acids is 1. The van der Waals surface area contributed by atoms with Gasteiger partial charge in [0.15, 0.2) is 5.82 Å². The van der Waals surface area contributed by atoms with E-state index in [1.54, 1.807) is 0 Å². The van der Waals surface area contributed by atoms with Crippen molar-refractivity contribution in [3.8, 4) is 0 Å². The summed E-state index contributed by atoms with van der Waals surface area (Å²) in [6, 6.07) is 1.33. The molecule has 2 heterocycles. The number of amides is 1. The second-order valence-corrected chi connectivity index (χ2v) is 7.25. The number of nitrogens with one attached hydrogen (secondary N) is 1. The smallest absolute Gasteiger partial charge is 0.303 e. The first-order valence-electron chi connectivity index (χ1n) is 9.63. The van der Waals surface area contributed by atoms with E-state index in [0.717, 1.165) is 18.6 Å². The van der Waals surface area contributed by atoms with Crippen LogP contribution in [0.15, 0.2) is 37.3 Å². The minimum absolute atomic E-state index is 0.233. The Morgan fingerprint density at radius 1 is 1.12 bits per heavy atom. The van der Waals surface area contributed by atoms with Crippen LogP contribution in [-0.4, -0.2) is 46.8 Å². The van der Waals surface area contributed by atoms with Crippen molar-refractivity contribution < 1.29 is 33.0 Å². The van der Waals surface area contributed by atoms with Crippen molar-refractivity contribution >= 4 is 17.6 Å². The lowest BCUT2D eigenvalue weighted by molar-refractivity contribution is -0.138. The van der Waals surface area contributed by atoms with Gasteiger partial charge in [-0.05, 0) is 6.07 Å². The summed E-state index contributed by atoms with van der Waals surface area (Å²) >= 11 is 0. The quantitative estimate of drug-likeness (QED) is 0.436. The Morgan fingerprint density at radius 3 is 2.52 bits per heavy atom. The van der Waals surface area contributed by atoms with Gasteiger partial charge in [-0.3, -0.25) is 9.59 Å². The third-order valence-electron chi connectivity index (χ3n) is 5.06. The van der Waals surface area contributed by atoms with Gasteiger partial charge in [-0.2, -0.15) is 5.10 Å². The summed E-state index contributed by atoms with van der Waals surface area (Å²) in [5, 5.41) is 26.4. The molecule has 174 valence electrons. The molecule has 0 saturated heterocycles. The molecule has 2 aromatic heterocycles. The number of hydrogen-bond donors (Lipinski definition) is 3. The third kappa shape index (κ3) is 5.31. The largest absolute Gasteiger partial charge is 0.481 e. The number of hydrogen-bond acceptors (Lipinski definition) is 7. The summed E-state index contributed by atoms with van der Waals surface area (Å²) < 4.78 is 44.9. The topological polar surface area (TPSA) is 143 Å². The first-order chi connectivity index (χ1) is 15.6. The normalized spacial score (nSPS) is 13.8. The minimum Gasteiger partial charge on any atom is -0.481 e. The second kappa shape index (κ2) is 9.73. The fourth-order valence-electron chi connectivity index (χ4n) is 3.29. The van der Waals surface area contributed by atoms with Crippen LogP contribution in [0.25, 0.3) is 0 Å². The molecule has 0 fully saturated rings. The van der Waals surface area contributed by atoms with Crippen molar-refractivity contribution in [1.29, 1.82) is 0 Å². The van der Waals surface area contributed by atoms with E-state index < -0.39 is 71.5 Å². The van der Waals surface area contributed by atoms with Crippen molar-refractivity contribution in [3.63, 3.8) is 0 Å². The number of nitrogens with zero attached hydrogens (tertiary/aromatic N) is 5. The lowest BCUT2D eigenvalue weighted by Gasteiger charge is -2.34. The number of anilines is 1. The van der Waals surface area contributed by atoms with Crippen LogP contribution >= 0.6 is 0 Å². The number of carbonyl (C=O) groups is 2. The van der Waals surface area contributed by atoms with Crippen molar-refractivity contribution in [2.75, 3.05) is 5.32 Å². The fourth-order valence-corrected chi connectivity index (χ4v) is 3.29. The van der Waals surface area contributed by atoms with Crippen LogP contribution in [0.5, 0.6) is 0 Å². The summed E-state index contributed by atoms with van der Waals surface area (Å²) in [5.41, 5.74) is -3.43. The van der Waals surface area contributed by atoms with Gasteiger partial charge in [0.25, 0.3) is 0 Å². The third-order valence-corrected chi connectivity index (χ3v) is 5.06. The van der Waals surface area contributed by atoms with Crippen LogP contribution in [0, 0.1) is 17.5 Å². The van der Waals surface area contributed by atoms with Crippen LogP contribution in [-0.2, 0) is 21.7 Å². The Morgan fingerprint density at radius 2 is 1.88 bits per heavy atom. The SMILES string of the molecule is C[C@@H](c1ncncc1F)C(O)(Cn1cncn1)c1cc(NC(=O)CCC(=O)O)c(F)cc1F. The van der Waals surface area contributed by atoms with E-state index in [2.05, 4.69) is 25.4 Å². The fraction of sp³-hybridized carbons (Fsp3) is 0.300. The molecule has 0 aliphatic carbocycles. The molecule has 3 N–H and O–H groups in total. The van der Waals surface area contributed by atoms with Gasteiger partial charge >= 0.3 is 5.97 Å². The van der Waals surface area contributed by atoms with Crippen LogP contribution in [0.3, 0.4) is 0 Å². The number of aliphatic carboxylic acids is 1. The maximum absolute atomic E-state index is 15.0. The molecule has 1 aromatic carbocycles. The Balaban J connectivity index is 2.07. The van der Waals surface area contributed by atoms with Gasteiger partial charge in [0.1, 0.15) is 36.2 Å². The predicted octanol–water partition coefficient (Wildman–Crippen LogP) is 1.98. The van der Waals surface area contributed by atoms with E-state index in [1.807, 2.05) is 0 Å². The highest BCUT2D eigenvalue weighted by atomic mass is 19.1. The highest BCUT2D eigenvalue weighted by molar-refractivity contribution is 5.92. The van der Waals surface area contributed by atoms with Crippen LogP contribution in [0.1, 0.15) is 36.9 Å². The molecule has 0 saturated carbocycles. The van der Waals surface area contributed by atoms with Crippen molar-refractivity contribution in [1.82, 2.24) is 24.7 Å². The average molecular weight is 464 g/mol. The molecule has 33 heavy (non-hydrogen) atoms. The zero-order valence-corrected chi connectivity index (χ0v) is 17.2. The van der Waals surface area contributed by atoms with Gasteiger partial charge in [-0.1, -0.05) is 6.92 Å². The average Bonchev–Trinajstić information content (AvgIpc) is 3.26. The zero-order chi connectivity index (χ0) is 24.2.